The van der Waals surface area contributed by atoms with E-state index >= 15 is 0 Å². The van der Waals surface area contributed by atoms with Crippen molar-refractivity contribution in [2.45, 2.75) is 26.1 Å². The number of amides is 2. The molecule has 4 aromatic rings. The summed E-state index contributed by atoms with van der Waals surface area (Å²) in [5.74, 6) is -0.417. The lowest BCUT2D eigenvalue weighted by Crippen LogP contribution is -2.22. The summed E-state index contributed by atoms with van der Waals surface area (Å²) in [6.07, 6.45) is 1.56. The van der Waals surface area contributed by atoms with Crippen molar-refractivity contribution in [3.63, 3.8) is 0 Å². The molecule has 1 saturated carbocycles. The van der Waals surface area contributed by atoms with Gasteiger partial charge >= 0.3 is 0 Å². The van der Waals surface area contributed by atoms with E-state index in [1.165, 1.54) is 13.2 Å². The second-order valence-corrected chi connectivity index (χ2v) is 8.72. The summed E-state index contributed by atoms with van der Waals surface area (Å²) in [5.41, 5.74) is 1.59. The minimum Gasteiger partial charge on any atom is -0.494 e. The second-order valence-electron chi connectivity index (χ2n) is 8.72. The van der Waals surface area contributed by atoms with E-state index in [1.54, 1.807) is 18.2 Å². The Morgan fingerprint density at radius 3 is 2.69 bits per heavy atom. The maximum atomic E-state index is 12.8. The lowest BCUT2D eigenvalue weighted by atomic mass is 10.1. The van der Waals surface area contributed by atoms with Gasteiger partial charge in [0.25, 0.3) is 11.8 Å². The molecule has 0 saturated heterocycles. The van der Waals surface area contributed by atoms with Gasteiger partial charge < -0.3 is 29.9 Å². The number of para-hydroxylation sites is 1. The molecule has 3 N–H and O–H groups in total. The van der Waals surface area contributed by atoms with Gasteiger partial charge in [-0.25, -0.2) is 0 Å². The number of methoxy groups -OCH3 is 1. The van der Waals surface area contributed by atoms with Crippen molar-refractivity contribution in [1.82, 2.24) is 25.7 Å². The molecule has 1 aliphatic rings. The van der Waals surface area contributed by atoms with Gasteiger partial charge in [-0.1, -0.05) is 41.6 Å². The molecule has 39 heavy (non-hydrogen) atoms. The van der Waals surface area contributed by atoms with Gasteiger partial charge in [0.2, 0.25) is 5.91 Å². The number of benzene rings is 2. The Morgan fingerprint density at radius 2 is 1.92 bits per heavy atom. The molecule has 2 aromatic carbocycles. The van der Waals surface area contributed by atoms with Crippen LogP contribution in [0.5, 0.6) is 5.75 Å². The molecular formula is C27H27N7O5. The summed E-state index contributed by atoms with van der Waals surface area (Å²) >= 11 is 0. The second kappa shape index (κ2) is 11.7. The van der Waals surface area contributed by atoms with E-state index in [4.69, 9.17) is 18.1 Å². The van der Waals surface area contributed by atoms with Crippen LogP contribution in [0.4, 0.5) is 17.2 Å². The van der Waals surface area contributed by atoms with Crippen molar-refractivity contribution < 1.29 is 27.7 Å². The van der Waals surface area contributed by atoms with Crippen LogP contribution in [0.3, 0.4) is 0 Å². The first kappa shape index (κ1) is 22.2. The molecule has 0 aliphatic heterocycles. The van der Waals surface area contributed by atoms with Crippen LogP contribution in [-0.4, -0.2) is 46.2 Å². The van der Waals surface area contributed by atoms with Crippen LogP contribution in [0.25, 0.3) is 11.5 Å². The van der Waals surface area contributed by atoms with Crippen LogP contribution in [-0.2, 0) is 22.7 Å². The van der Waals surface area contributed by atoms with E-state index in [-0.39, 0.29) is 41.5 Å². The van der Waals surface area contributed by atoms with Crippen LogP contribution in [0.2, 0.25) is 0 Å². The molecule has 2 heterocycles. The molecule has 5 rings (SSSR count). The van der Waals surface area contributed by atoms with Crippen LogP contribution < -0.4 is 20.7 Å². The molecule has 1 aliphatic carbocycles. The zero-order valence-electron chi connectivity index (χ0n) is 23.9. The Labute approximate surface area is 228 Å². The fourth-order valence-corrected chi connectivity index (χ4v) is 3.77. The molecule has 1 fully saturated rings. The normalized spacial score (nSPS) is 14.0. The Bertz CT molecular complexity index is 1580. The van der Waals surface area contributed by atoms with Crippen LogP contribution in [0.15, 0.2) is 59.1 Å². The Morgan fingerprint density at radius 1 is 1.08 bits per heavy atom. The zero-order chi connectivity index (χ0) is 29.7. The Hall–Kier alpha value is -4.84. The fraction of sp³-hybridized carbons (Fsp3) is 0.259. The van der Waals surface area contributed by atoms with Gasteiger partial charge in [0, 0.05) is 23.1 Å². The number of hydrogen-bond acceptors (Lipinski definition) is 10. The third kappa shape index (κ3) is 6.18. The number of nitrogens with one attached hydrogen (secondary N) is 3. The number of anilines is 3. The zero-order valence-corrected chi connectivity index (χ0v) is 20.9. The molecule has 0 bridgehead atoms. The highest BCUT2D eigenvalue weighted by atomic mass is 16.5. The van der Waals surface area contributed by atoms with Crippen molar-refractivity contribution in [1.29, 1.82) is 0 Å². The average Bonchev–Trinajstić information content (AvgIpc) is 3.71. The van der Waals surface area contributed by atoms with E-state index in [0.717, 1.165) is 18.4 Å². The third-order valence-corrected chi connectivity index (χ3v) is 5.85. The number of nitrogens with zero attached hydrogens (tertiary/aromatic N) is 4. The van der Waals surface area contributed by atoms with Gasteiger partial charge in [-0.2, -0.15) is 4.98 Å². The third-order valence-electron chi connectivity index (χ3n) is 5.85. The quantitative estimate of drug-likeness (QED) is 0.260. The molecular weight excluding hydrogens is 502 g/mol. The summed E-state index contributed by atoms with van der Waals surface area (Å²) < 4.78 is 39.0. The highest BCUT2D eigenvalue weighted by molar-refractivity contribution is 6.00. The largest absolute Gasteiger partial charge is 0.494 e. The number of carbonyl (C=O) groups excluding carboxylic acids is 2. The summed E-state index contributed by atoms with van der Waals surface area (Å²) in [6.45, 7) is -2.25. The van der Waals surface area contributed by atoms with E-state index in [2.05, 4.69) is 31.0 Å². The van der Waals surface area contributed by atoms with E-state index in [1.807, 2.05) is 35.6 Å². The van der Waals surface area contributed by atoms with E-state index in [9.17, 15) is 9.59 Å². The molecule has 0 atom stereocenters. The molecule has 2 aromatic heterocycles. The summed E-state index contributed by atoms with van der Waals surface area (Å²) in [7, 11) is 1.44. The first-order chi connectivity index (χ1) is 20.2. The SMILES string of the molecule is [2H]C([2H])([2H])NC(=O)c1nnc(NC(=O)C2CC2)cc1Nc1cccc(-c2nc(COCc3ccccc3)no2)c1OC. The molecule has 12 nitrogen and oxygen atoms in total. The predicted octanol–water partition coefficient (Wildman–Crippen LogP) is 3.70. The standard InChI is InChI=1S/C27H27N7O5/c1-28-26(36)23-20(13-21(32-33-23)30-25(35)17-11-12-17)29-19-10-6-9-18(24(19)37-2)27-31-22(34-39-27)15-38-14-16-7-4-3-5-8-16/h3-10,13,17H,11-12,14-15H2,1-2H3,(H,28,36)(H2,29,30,32,35)/i1D3. The van der Waals surface area contributed by atoms with Crippen molar-refractivity contribution in [3.8, 4) is 17.2 Å². The molecule has 0 radical (unpaired) electrons. The molecule has 12 heteroatoms. The topological polar surface area (TPSA) is 153 Å². The maximum absolute atomic E-state index is 12.8. The van der Waals surface area contributed by atoms with Crippen molar-refractivity contribution in [2.75, 3.05) is 24.7 Å². The van der Waals surface area contributed by atoms with Gasteiger partial charge in [-0.15, -0.1) is 10.2 Å². The smallest absolute Gasteiger partial charge is 0.273 e. The highest BCUT2D eigenvalue weighted by Gasteiger charge is 2.30. The number of hydrogen-bond donors (Lipinski definition) is 3. The number of aromatic nitrogens is 4. The molecule has 0 unspecified atom stereocenters. The van der Waals surface area contributed by atoms with E-state index in [0.29, 0.717) is 29.4 Å². The average molecular weight is 533 g/mol. The minimum absolute atomic E-state index is 0.0776. The summed E-state index contributed by atoms with van der Waals surface area (Å²) in [6, 6.07) is 16.1. The van der Waals surface area contributed by atoms with Crippen molar-refractivity contribution in [2.24, 2.45) is 5.92 Å². The number of carbonyl (C=O) groups is 2. The van der Waals surface area contributed by atoms with Crippen LogP contribution in [0.1, 0.15) is 38.8 Å². The molecule has 2 amide bonds. The summed E-state index contributed by atoms with van der Waals surface area (Å²) in [5, 5.41) is 19.4. The lowest BCUT2D eigenvalue weighted by molar-refractivity contribution is -0.117. The van der Waals surface area contributed by atoms with Crippen molar-refractivity contribution in [3.05, 3.63) is 71.7 Å². The van der Waals surface area contributed by atoms with Gasteiger partial charge in [-0.05, 0) is 30.5 Å². The monoisotopic (exact) mass is 532 g/mol. The lowest BCUT2D eigenvalue weighted by Gasteiger charge is -2.15. The number of ether oxygens (including phenoxy) is 2. The predicted molar refractivity (Wildman–Crippen MR) is 141 cm³/mol. The Kier molecular flexibility index (Phi) is 6.65. The highest BCUT2D eigenvalue weighted by Crippen LogP contribution is 2.38. The van der Waals surface area contributed by atoms with Crippen molar-refractivity contribution >= 4 is 29.0 Å². The van der Waals surface area contributed by atoms with Crippen LogP contribution in [0, 0.1) is 5.92 Å². The van der Waals surface area contributed by atoms with Crippen LogP contribution >= 0.6 is 0 Å². The van der Waals surface area contributed by atoms with E-state index < -0.39 is 12.9 Å². The van der Waals surface area contributed by atoms with Gasteiger partial charge in [0.1, 0.15) is 6.61 Å². The first-order valence-electron chi connectivity index (χ1n) is 13.6. The Balaban J connectivity index is 1.39. The first-order valence-corrected chi connectivity index (χ1v) is 12.1. The molecule has 0 spiro atoms. The maximum Gasteiger partial charge on any atom is 0.273 e. The fourth-order valence-electron chi connectivity index (χ4n) is 3.77. The number of rotatable bonds is 11. The van der Waals surface area contributed by atoms with Gasteiger partial charge in [0.15, 0.2) is 23.1 Å². The van der Waals surface area contributed by atoms with Gasteiger partial charge in [0.05, 0.1) is 30.7 Å². The minimum atomic E-state index is -2.76. The molecule has 200 valence electrons. The summed E-state index contributed by atoms with van der Waals surface area (Å²) in [4.78, 5) is 29.5. The van der Waals surface area contributed by atoms with Gasteiger partial charge in [-0.3, -0.25) is 9.59 Å².